The fraction of sp³-hybridized carbons (Fsp3) is 0.650. The molecule has 0 saturated heterocycles. The zero-order valence-corrected chi connectivity index (χ0v) is 17.0. The Labute approximate surface area is 159 Å². The third kappa shape index (κ3) is 9.06. The minimum absolute atomic E-state index is 0.485. The fourth-order valence-electron chi connectivity index (χ4n) is 2.68. The second-order valence-corrected chi connectivity index (χ2v) is 6.54. The predicted molar refractivity (Wildman–Crippen MR) is 109 cm³/mol. The van der Waals surface area contributed by atoms with E-state index in [-0.39, 0.29) is 0 Å². The van der Waals surface area contributed by atoms with Crippen LogP contribution in [-0.4, -0.2) is 72.0 Å². The lowest BCUT2D eigenvalue weighted by Crippen LogP contribution is -2.41. The van der Waals surface area contributed by atoms with Gasteiger partial charge in [0.2, 0.25) is 0 Å². The molecule has 2 N–H and O–H groups in total. The number of methoxy groups -OCH3 is 2. The summed E-state index contributed by atoms with van der Waals surface area (Å²) in [6.07, 6.45) is 2.10. The van der Waals surface area contributed by atoms with E-state index in [4.69, 9.17) is 9.47 Å². The summed E-state index contributed by atoms with van der Waals surface area (Å²) in [5.41, 5.74) is 1.33. The maximum absolute atomic E-state index is 5.21. The van der Waals surface area contributed by atoms with Gasteiger partial charge in [0.25, 0.3) is 0 Å². The molecule has 1 rings (SSSR count). The molecule has 1 atom stereocenters. The van der Waals surface area contributed by atoms with E-state index in [0.29, 0.717) is 5.92 Å². The van der Waals surface area contributed by atoms with Crippen LogP contribution in [0.25, 0.3) is 0 Å². The highest BCUT2D eigenvalue weighted by atomic mass is 16.5. The summed E-state index contributed by atoms with van der Waals surface area (Å²) < 4.78 is 10.3. The number of guanidine groups is 1. The molecule has 0 spiro atoms. The van der Waals surface area contributed by atoms with Crippen molar-refractivity contribution < 1.29 is 9.47 Å². The molecule has 0 aliphatic heterocycles. The van der Waals surface area contributed by atoms with Gasteiger partial charge in [0, 0.05) is 46.9 Å². The van der Waals surface area contributed by atoms with E-state index in [1.165, 1.54) is 5.56 Å². The van der Waals surface area contributed by atoms with Crippen LogP contribution in [0.5, 0.6) is 5.75 Å². The quantitative estimate of drug-likeness (QED) is 0.339. The standard InChI is InChI=1S/C20H36N4O2/c1-17(18-7-9-19(26-5)10-8-18)11-12-22-20(21-2)23-13-15-24(3)14-6-16-25-4/h7-10,17H,6,11-16H2,1-5H3,(H2,21,22,23). The van der Waals surface area contributed by atoms with Crippen LogP contribution in [0.4, 0.5) is 0 Å². The summed E-state index contributed by atoms with van der Waals surface area (Å²) in [5.74, 6) is 2.24. The van der Waals surface area contributed by atoms with E-state index in [1.54, 1.807) is 14.2 Å². The number of benzene rings is 1. The van der Waals surface area contributed by atoms with Crippen LogP contribution < -0.4 is 15.4 Å². The maximum atomic E-state index is 5.21. The van der Waals surface area contributed by atoms with E-state index < -0.39 is 0 Å². The summed E-state index contributed by atoms with van der Waals surface area (Å²) in [5, 5.41) is 6.76. The van der Waals surface area contributed by atoms with Crippen LogP contribution in [0, 0.1) is 0 Å². The van der Waals surface area contributed by atoms with Crippen molar-refractivity contribution >= 4 is 5.96 Å². The Balaban J connectivity index is 2.22. The first kappa shape index (κ1) is 22.3. The van der Waals surface area contributed by atoms with Crippen molar-refractivity contribution in [1.29, 1.82) is 0 Å². The van der Waals surface area contributed by atoms with Crippen molar-refractivity contribution in [2.24, 2.45) is 4.99 Å². The minimum atomic E-state index is 0.485. The normalized spacial score (nSPS) is 12.9. The summed E-state index contributed by atoms with van der Waals surface area (Å²) in [6, 6.07) is 8.30. The molecule has 0 saturated carbocycles. The molecule has 0 bridgehead atoms. The summed E-state index contributed by atoms with van der Waals surface area (Å²) >= 11 is 0. The first-order chi connectivity index (χ1) is 12.6. The highest BCUT2D eigenvalue weighted by Crippen LogP contribution is 2.21. The molecular formula is C20H36N4O2. The van der Waals surface area contributed by atoms with Gasteiger partial charge >= 0.3 is 0 Å². The maximum Gasteiger partial charge on any atom is 0.191 e. The lowest BCUT2D eigenvalue weighted by atomic mass is 9.98. The van der Waals surface area contributed by atoms with Gasteiger partial charge in [-0.3, -0.25) is 4.99 Å². The van der Waals surface area contributed by atoms with Gasteiger partial charge in [-0.25, -0.2) is 0 Å². The van der Waals surface area contributed by atoms with E-state index in [0.717, 1.165) is 57.3 Å². The highest BCUT2D eigenvalue weighted by molar-refractivity contribution is 5.79. The van der Waals surface area contributed by atoms with E-state index in [2.05, 4.69) is 46.6 Å². The number of ether oxygens (including phenoxy) is 2. The third-order valence-corrected chi connectivity index (χ3v) is 4.45. The fourth-order valence-corrected chi connectivity index (χ4v) is 2.68. The van der Waals surface area contributed by atoms with Crippen molar-refractivity contribution in [3.05, 3.63) is 29.8 Å². The molecule has 0 heterocycles. The Hall–Kier alpha value is -1.79. The van der Waals surface area contributed by atoms with Gasteiger partial charge in [0.05, 0.1) is 7.11 Å². The van der Waals surface area contributed by atoms with Crippen molar-refractivity contribution in [2.45, 2.75) is 25.7 Å². The van der Waals surface area contributed by atoms with Crippen molar-refractivity contribution in [2.75, 3.05) is 61.1 Å². The van der Waals surface area contributed by atoms with Crippen molar-refractivity contribution in [3.8, 4) is 5.75 Å². The van der Waals surface area contributed by atoms with E-state index in [9.17, 15) is 0 Å². The van der Waals surface area contributed by atoms with Gasteiger partial charge < -0.3 is 25.0 Å². The predicted octanol–water partition coefficient (Wildman–Crippen LogP) is 2.32. The largest absolute Gasteiger partial charge is 0.497 e. The Morgan fingerprint density at radius 1 is 1.12 bits per heavy atom. The lowest BCUT2D eigenvalue weighted by molar-refractivity contribution is 0.180. The number of rotatable bonds is 12. The first-order valence-electron chi connectivity index (χ1n) is 9.36. The number of nitrogens with one attached hydrogen (secondary N) is 2. The van der Waals surface area contributed by atoms with Gasteiger partial charge in [-0.15, -0.1) is 0 Å². The van der Waals surface area contributed by atoms with Crippen LogP contribution in [0.2, 0.25) is 0 Å². The second kappa shape index (κ2) is 13.4. The zero-order valence-electron chi connectivity index (χ0n) is 17.0. The van der Waals surface area contributed by atoms with E-state index >= 15 is 0 Å². The smallest absolute Gasteiger partial charge is 0.191 e. The Morgan fingerprint density at radius 2 is 1.81 bits per heavy atom. The summed E-state index contributed by atoms with van der Waals surface area (Å²) in [4.78, 5) is 6.59. The number of nitrogens with zero attached hydrogens (tertiary/aromatic N) is 2. The van der Waals surface area contributed by atoms with Crippen LogP contribution in [0.3, 0.4) is 0 Å². The molecular weight excluding hydrogens is 328 g/mol. The topological polar surface area (TPSA) is 58.1 Å². The first-order valence-corrected chi connectivity index (χ1v) is 9.36. The molecule has 26 heavy (non-hydrogen) atoms. The third-order valence-electron chi connectivity index (χ3n) is 4.45. The van der Waals surface area contributed by atoms with Crippen LogP contribution in [0.1, 0.15) is 31.2 Å². The van der Waals surface area contributed by atoms with Crippen molar-refractivity contribution in [3.63, 3.8) is 0 Å². The molecule has 0 aliphatic carbocycles. The monoisotopic (exact) mass is 364 g/mol. The zero-order chi connectivity index (χ0) is 19.2. The molecule has 1 aromatic carbocycles. The van der Waals surface area contributed by atoms with Crippen LogP contribution in [0.15, 0.2) is 29.3 Å². The van der Waals surface area contributed by atoms with Crippen LogP contribution in [-0.2, 0) is 4.74 Å². The lowest BCUT2D eigenvalue weighted by Gasteiger charge is -2.19. The molecule has 6 heteroatoms. The van der Waals surface area contributed by atoms with Crippen molar-refractivity contribution in [1.82, 2.24) is 15.5 Å². The number of hydrogen-bond donors (Lipinski definition) is 2. The summed E-state index contributed by atoms with van der Waals surface area (Å²) in [7, 11) is 7.37. The molecule has 0 aromatic heterocycles. The molecule has 0 radical (unpaired) electrons. The molecule has 0 amide bonds. The van der Waals surface area contributed by atoms with Gasteiger partial charge in [-0.2, -0.15) is 0 Å². The molecule has 148 valence electrons. The van der Waals surface area contributed by atoms with Gasteiger partial charge in [0.1, 0.15) is 5.75 Å². The summed E-state index contributed by atoms with van der Waals surface area (Å²) in [6.45, 7) is 6.84. The second-order valence-electron chi connectivity index (χ2n) is 6.54. The molecule has 1 unspecified atom stereocenters. The molecule has 0 aliphatic rings. The van der Waals surface area contributed by atoms with Gasteiger partial charge in [-0.1, -0.05) is 19.1 Å². The molecule has 6 nitrogen and oxygen atoms in total. The highest BCUT2D eigenvalue weighted by Gasteiger charge is 2.06. The van der Waals surface area contributed by atoms with Gasteiger partial charge in [0.15, 0.2) is 5.96 Å². The Morgan fingerprint density at radius 3 is 2.42 bits per heavy atom. The average molecular weight is 365 g/mol. The Kier molecular flexibility index (Phi) is 11.5. The SMILES string of the molecule is CN=C(NCCC(C)c1ccc(OC)cc1)NCCN(C)CCCOC. The Bertz CT molecular complexity index is 505. The van der Waals surface area contributed by atoms with E-state index in [1.807, 2.05) is 19.2 Å². The number of likely N-dealkylation sites (N-methyl/N-ethyl adjacent to an activating group) is 1. The molecule has 0 fully saturated rings. The number of hydrogen-bond acceptors (Lipinski definition) is 4. The van der Waals surface area contributed by atoms with Gasteiger partial charge in [-0.05, 0) is 43.5 Å². The molecule has 1 aromatic rings. The van der Waals surface area contributed by atoms with Crippen LogP contribution >= 0.6 is 0 Å². The number of aliphatic imine (C=N–C) groups is 1. The average Bonchev–Trinajstić information content (AvgIpc) is 2.66. The minimum Gasteiger partial charge on any atom is -0.497 e.